The largest absolute Gasteiger partial charge is 0.476 e. The summed E-state index contributed by atoms with van der Waals surface area (Å²) in [6.07, 6.45) is 0.567. The van der Waals surface area contributed by atoms with Crippen molar-refractivity contribution >= 4 is 29.3 Å². The lowest BCUT2D eigenvalue weighted by Gasteiger charge is -2.09. The van der Waals surface area contributed by atoms with E-state index in [1.54, 1.807) is 0 Å². The first-order valence-electron chi connectivity index (χ1n) is 5.91. The number of benzene rings is 1. The van der Waals surface area contributed by atoms with Crippen LogP contribution in [0.3, 0.4) is 0 Å². The molecule has 22 heavy (non-hydrogen) atoms. The monoisotopic (exact) mass is 328 g/mol. The predicted octanol–water partition coefficient (Wildman–Crippen LogP) is 1.97. The summed E-state index contributed by atoms with van der Waals surface area (Å²) < 4.78 is 9.89. The molecule has 116 valence electrons. The summed E-state index contributed by atoms with van der Waals surface area (Å²) in [4.78, 5) is 31.5. The topological polar surface area (TPSA) is 122 Å². The third-order valence-electron chi connectivity index (χ3n) is 3.00. The van der Waals surface area contributed by atoms with Gasteiger partial charge < -0.3 is 9.47 Å². The molecule has 9 nitrogen and oxygen atoms in total. The van der Waals surface area contributed by atoms with Crippen molar-refractivity contribution in [3.63, 3.8) is 0 Å². The van der Waals surface area contributed by atoms with Gasteiger partial charge in [0.15, 0.2) is 6.10 Å². The molecule has 1 aromatic rings. The van der Waals surface area contributed by atoms with Crippen LogP contribution in [0.1, 0.15) is 11.1 Å². The van der Waals surface area contributed by atoms with Crippen LogP contribution in [0.25, 0.3) is 6.08 Å². The van der Waals surface area contributed by atoms with Crippen molar-refractivity contribution < 1.29 is 24.1 Å². The molecule has 0 aliphatic carbocycles. The minimum absolute atomic E-state index is 0.0712. The second kappa shape index (κ2) is 5.98. The van der Waals surface area contributed by atoms with E-state index in [0.29, 0.717) is 11.8 Å². The SMILES string of the molecule is COC(=O)C1Cc2cc([N+](=O)[O-])c(/C=C/[N+](=O)[O-])c(Cl)c2O1. The first-order valence-corrected chi connectivity index (χ1v) is 6.29. The normalized spacial score (nSPS) is 16.2. The van der Waals surface area contributed by atoms with E-state index in [9.17, 15) is 25.0 Å². The number of hydrogen-bond donors (Lipinski definition) is 0. The van der Waals surface area contributed by atoms with Crippen molar-refractivity contribution in [1.82, 2.24) is 0 Å². The maximum atomic E-state index is 11.5. The Morgan fingerprint density at radius 3 is 2.73 bits per heavy atom. The van der Waals surface area contributed by atoms with Crippen molar-refractivity contribution in [2.24, 2.45) is 0 Å². The van der Waals surface area contributed by atoms with Crippen molar-refractivity contribution in [2.75, 3.05) is 7.11 Å². The van der Waals surface area contributed by atoms with Crippen LogP contribution in [0, 0.1) is 20.2 Å². The number of hydrogen-bond acceptors (Lipinski definition) is 7. The Kier molecular flexibility index (Phi) is 4.27. The van der Waals surface area contributed by atoms with E-state index in [1.807, 2.05) is 0 Å². The smallest absolute Gasteiger partial charge is 0.347 e. The Bertz CT molecular complexity index is 701. The van der Waals surface area contributed by atoms with Gasteiger partial charge in [-0.3, -0.25) is 20.2 Å². The van der Waals surface area contributed by atoms with E-state index < -0.39 is 27.6 Å². The number of carbonyl (C=O) groups is 1. The summed E-state index contributed by atoms with van der Waals surface area (Å²) >= 11 is 6.04. The van der Waals surface area contributed by atoms with Crippen molar-refractivity contribution in [1.29, 1.82) is 0 Å². The number of nitro groups is 2. The zero-order valence-electron chi connectivity index (χ0n) is 11.1. The van der Waals surface area contributed by atoms with Crippen LogP contribution < -0.4 is 4.74 Å². The first-order chi connectivity index (χ1) is 10.3. The summed E-state index contributed by atoms with van der Waals surface area (Å²) in [5, 5.41) is 21.3. The molecular weight excluding hydrogens is 320 g/mol. The number of fused-ring (bicyclic) bond motifs is 1. The van der Waals surface area contributed by atoms with E-state index in [4.69, 9.17) is 16.3 Å². The molecule has 1 aliphatic rings. The summed E-state index contributed by atoms with van der Waals surface area (Å²) in [6, 6.07) is 1.18. The van der Waals surface area contributed by atoms with Crippen molar-refractivity contribution in [3.8, 4) is 5.75 Å². The van der Waals surface area contributed by atoms with Crippen molar-refractivity contribution in [2.45, 2.75) is 12.5 Å². The molecule has 0 saturated heterocycles. The first kappa shape index (κ1) is 15.7. The van der Waals surface area contributed by atoms with Crippen LogP contribution in [-0.4, -0.2) is 29.0 Å². The average molecular weight is 329 g/mol. The predicted molar refractivity (Wildman–Crippen MR) is 74.3 cm³/mol. The Morgan fingerprint density at radius 2 is 2.18 bits per heavy atom. The maximum absolute atomic E-state index is 11.5. The van der Waals surface area contributed by atoms with Gasteiger partial charge in [0.1, 0.15) is 5.75 Å². The number of esters is 1. The van der Waals surface area contributed by atoms with Crippen molar-refractivity contribution in [3.05, 3.63) is 48.6 Å². The molecule has 2 rings (SSSR count). The van der Waals surface area contributed by atoms with Crippen LogP contribution in [0.15, 0.2) is 12.3 Å². The molecule has 0 radical (unpaired) electrons. The minimum Gasteiger partial charge on any atom is -0.476 e. The Balaban J connectivity index is 2.52. The van der Waals surface area contributed by atoms with Gasteiger partial charge in [0.25, 0.3) is 5.69 Å². The Hall–Kier alpha value is -2.68. The highest BCUT2D eigenvalue weighted by Crippen LogP contribution is 2.43. The number of halogens is 1. The van der Waals surface area contributed by atoms with Gasteiger partial charge in [-0.2, -0.15) is 0 Å². The second-order valence-electron chi connectivity index (χ2n) is 4.30. The van der Waals surface area contributed by atoms with Gasteiger partial charge >= 0.3 is 5.97 Å². The summed E-state index contributed by atoms with van der Waals surface area (Å²) in [5.74, 6) is -0.553. The highest BCUT2D eigenvalue weighted by atomic mass is 35.5. The molecule has 0 N–H and O–H groups in total. The van der Waals surface area contributed by atoms with E-state index in [2.05, 4.69) is 4.74 Å². The molecule has 1 unspecified atom stereocenters. The summed E-state index contributed by atoms with van der Waals surface area (Å²) in [5.41, 5.74) is -0.200. The van der Waals surface area contributed by atoms with E-state index in [1.165, 1.54) is 13.2 Å². The molecule has 0 bridgehead atoms. The Morgan fingerprint density at radius 1 is 1.50 bits per heavy atom. The summed E-state index contributed by atoms with van der Waals surface area (Å²) in [6.45, 7) is 0. The zero-order chi connectivity index (χ0) is 16.4. The van der Waals surface area contributed by atoms with Gasteiger partial charge in [0.2, 0.25) is 6.20 Å². The van der Waals surface area contributed by atoms with Gasteiger partial charge in [-0.1, -0.05) is 11.6 Å². The fourth-order valence-electron chi connectivity index (χ4n) is 2.05. The highest BCUT2D eigenvalue weighted by molar-refractivity contribution is 6.34. The van der Waals surface area contributed by atoms with Crippen LogP contribution in [0.5, 0.6) is 5.75 Å². The molecule has 0 saturated carbocycles. The zero-order valence-corrected chi connectivity index (χ0v) is 11.9. The fourth-order valence-corrected chi connectivity index (χ4v) is 2.38. The minimum atomic E-state index is -0.952. The van der Waals surface area contributed by atoms with Gasteiger partial charge in [0.05, 0.1) is 27.5 Å². The number of nitro benzene ring substituents is 1. The van der Waals surface area contributed by atoms with E-state index in [0.717, 1.165) is 6.08 Å². The molecule has 0 spiro atoms. The molecule has 1 aromatic carbocycles. The standard InChI is InChI=1S/C12H9ClN2O7/c1-21-12(16)9-5-6-4-8(15(19)20)7(2-3-14(17)18)10(13)11(6)22-9/h2-4,9H,5H2,1H3/b3-2+. The molecule has 0 fully saturated rings. The second-order valence-corrected chi connectivity index (χ2v) is 4.68. The lowest BCUT2D eigenvalue weighted by molar-refractivity contribution is -0.401. The molecule has 1 aliphatic heterocycles. The lowest BCUT2D eigenvalue weighted by Crippen LogP contribution is -2.26. The third-order valence-corrected chi connectivity index (χ3v) is 3.38. The van der Waals surface area contributed by atoms with Gasteiger partial charge in [0, 0.05) is 24.1 Å². The molecule has 10 heteroatoms. The molecular formula is C12H9ClN2O7. The lowest BCUT2D eigenvalue weighted by atomic mass is 10.0. The van der Waals surface area contributed by atoms with Crippen LogP contribution in [0.2, 0.25) is 5.02 Å². The number of ether oxygens (including phenoxy) is 2. The highest BCUT2D eigenvalue weighted by Gasteiger charge is 2.35. The number of nitrogens with zero attached hydrogens (tertiary/aromatic N) is 2. The number of carbonyl (C=O) groups excluding carboxylic acids is 1. The van der Waals surface area contributed by atoms with Crippen LogP contribution >= 0.6 is 11.6 Å². The van der Waals surface area contributed by atoms with E-state index in [-0.39, 0.29) is 22.8 Å². The molecule has 0 aromatic heterocycles. The third kappa shape index (κ3) is 2.84. The fraction of sp³-hybridized carbons (Fsp3) is 0.250. The number of methoxy groups -OCH3 is 1. The van der Waals surface area contributed by atoms with Gasteiger partial charge in [-0.15, -0.1) is 0 Å². The van der Waals surface area contributed by atoms with Crippen LogP contribution in [0.4, 0.5) is 5.69 Å². The average Bonchev–Trinajstić information content (AvgIpc) is 2.89. The number of rotatable bonds is 4. The van der Waals surface area contributed by atoms with Gasteiger partial charge in [-0.25, -0.2) is 4.79 Å². The molecule has 1 atom stereocenters. The van der Waals surface area contributed by atoms with Crippen LogP contribution in [-0.2, 0) is 16.0 Å². The molecule has 0 amide bonds. The molecule has 1 heterocycles. The summed E-state index contributed by atoms with van der Waals surface area (Å²) in [7, 11) is 1.18. The maximum Gasteiger partial charge on any atom is 0.347 e. The van der Waals surface area contributed by atoms with E-state index >= 15 is 0 Å². The quantitative estimate of drug-likeness (QED) is 0.470. The van der Waals surface area contributed by atoms with Gasteiger partial charge in [-0.05, 0) is 0 Å². The Labute approximate surface area is 128 Å².